The Labute approximate surface area is 105 Å². The Morgan fingerprint density at radius 3 is 2.33 bits per heavy atom. The Kier molecular flexibility index (Phi) is 5.44. The first-order valence-electron chi connectivity index (χ1n) is 6.21. The van der Waals surface area contributed by atoms with E-state index in [0.717, 1.165) is 25.7 Å². The summed E-state index contributed by atoms with van der Waals surface area (Å²) in [6.45, 7) is 0.964. The minimum Gasteiger partial charge on any atom is -0.468 e. The minimum atomic E-state index is -4.31. The lowest BCUT2D eigenvalue weighted by Gasteiger charge is -2.31. The zero-order valence-corrected chi connectivity index (χ0v) is 10.7. The van der Waals surface area contributed by atoms with Gasteiger partial charge in [-0.15, -0.1) is 0 Å². The van der Waals surface area contributed by atoms with Gasteiger partial charge >= 0.3 is 12.1 Å². The molecule has 3 nitrogen and oxygen atoms in total. The third-order valence-electron chi connectivity index (χ3n) is 3.51. The zero-order valence-electron chi connectivity index (χ0n) is 10.7. The first kappa shape index (κ1) is 15.3. The van der Waals surface area contributed by atoms with Gasteiger partial charge < -0.3 is 4.74 Å². The molecular weight excluding hydrogens is 247 g/mol. The Morgan fingerprint density at radius 2 is 1.89 bits per heavy atom. The average molecular weight is 267 g/mol. The third kappa shape index (κ3) is 4.84. The molecule has 1 aliphatic carbocycles. The highest BCUT2D eigenvalue weighted by molar-refractivity contribution is 5.76. The van der Waals surface area contributed by atoms with Gasteiger partial charge in [-0.3, -0.25) is 10.1 Å². The SMILES string of the molecule is COC(=O)C(NCC(F)(F)F)C1CCC(C)CC1. The number of rotatable bonds is 4. The summed E-state index contributed by atoms with van der Waals surface area (Å²) in [4.78, 5) is 11.6. The maximum absolute atomic E-state index is 12.2. The van der Waals surface area contributed by atoms with Gasteiger partial charge in [-0.1, -0.05) is 19.8 Å². The van der Waals surface area contributed by atoms with E-state index < -0.39 is 24.7 Å². The maximum Gasteiger partial charge on any atom is 0.401 e. The average Bonchev–Trinajstić information content (AvgIpc) is 2.29. The van der Waals surface area contributed by atoms with Crippen molar-refractivity contribution < 1.29 is 22.7 Å². The highest BCUT2D eigenvalue weighted by Gasteiger charge is 2.35. The second kappa shape index (κ2) is 6.41. The molecule has 1 aliphatic rings. The van der Waals surface area contributed by atoms with E-state index in [1.165, 1.54) is 7.11 Å². The predicted molar refractivity (Wildman–Crippen MR) is 61.0 cm³/mol. The van der Waals surface area contributed by atoms with Crippen molar-refractivity contribution in [3.05, 3.63) is 0 Å². The van der Waals surface area contributed by atoms with Crippen molar-refractivity contribution in [1.29, 1.82) is 0 Å². The van der Waals surface area contributed by atoms with Crippen LogP contribution in [0.5, 0.6) is 0 Å². The predicted octanol–water partition coefficient (Wildman–Crippen LogP) is 2.51. The van der Waals surface area contributed by atoms with Gasteiger partial charge in [-0.25, -0.2) is 0 Å². The summed E-state index contributed by atoms with van der Waals surface area (Å²) in [7, 11) is 1.20. The summed E-state index contributed by atoms with van der Waals surface area (Å²) < 4.78 is 41.2. The van der Waals surface area contributed by atoms with E-state index in [9.17, 15) is 18.0 Å². The van der Waals surface area contributed by atoms with Crippen LogP contribution in [0.4, 0.5) is 13.2 Å². The number of esters is 1. The molecule has 1 atom stereocenters. The van der Waals surface area contributed by atoms with Crippen LogP contribution in [0, 0.1) is 11.8 Å². The molecule has 0 aromatic carbocycles. The molecule has 0 spiro atoms. The van der Waals surface area contributed by atoms with Crippen molar-refractivity contribution in [2.45, 2.75) is 44.8 Å². The van der Waals surface area contributed by atoms with Crippen LogP contribution >= 0.6 is 0 Å². The monoisotopic (exact) mass is 267 g/mol. The molecule has 1 N–H and O–H groups in total. The van der Waals surface area contributed by atoms with E-state index in [2.05, 4.69) is 17.0 Å². The molecule has 0 amide bonds. The molecule has 1 unspecified atom stereocenters. The second-order valence-corrected chi connectivity index (χ2v) is 5.02. The molecule has 106 valence electrons. The van der Waals surface area contributed by atoms with Gasteiger partial charge in [0, 0.05) is 0 Å². The summed E-state index contributed by atoms with van der Waals surface area (Å²) in [5.41, 5.74) is 0. The van der Waals surface area contributed by atoms with E-state index in [4.69, 9.17) is 0 Å². The van der Waals surface area contributed by atoms with Crippen molar-refractivity contribution in [3.8, 4) is 0 Å². The number of ether oxygens (including phenoxy) is 1. The van der Waals surface area contributed by atoms with Crippen molar-refractivity contribution >= 4 is 5.97 Å². The standard InChI is InChI=1S/C12H20F3NO2/c1-8-3-5-9(6-4-8)10(11(17)18-2)16-7-12(13,14)15/h8-10,16H,3-7H2,1-2H3. The van der Waals surface area contributed by atoms with Crippen molar-refractivity contribution in [2.75, 3.05) is 13.7 Å². The van der Waals surface area contributed by atoms with Gasteiger partial charge in [0.1, 0.15) is 6.04 Å². The van der Waals surface area contributed by atoms with Crippen LogP contribution in [0.1, 0.15) is 32.6 Å². The molecular formula is C12H20F3NO2. The first-order valence-corrected chi connectivity index (χ1v) is 6.21. The van der Waals surface area contributed by atoms with Crippen molar-refractivity contribution in [3.63, 3.8) is 0 Å². The molecule has 6 heteroatoms. The number of hydrogen-bond donors (Lipinski definition) is 1. The maximum atomic E-state index is 12.2. The lowest BCUT2D eigenvalue weighted by Crippen LogP contribution is -2.48. The molecule has 0 aromatic heterocycles. The quantitative estimate of drug-likeness (QED) is 0.795. The molecule has 1 rings (SSSR count). The molecule has 0 radical (unpaired) electrons. The molecule has 0 aromatic rings. The van der Waals surface area contributed by atoms with Gasteiger partial charge in [0.05, 0.1) is 13.7 Å². The largest absolute Gasteiger partial charge is 0.468 e. The lowest BCUT2D eigenvalue weighted by molar-refractivity contribution is -0.149. The zero-order chi connectivity index (χ0) is 13.8. The van der Waals surface area contributed by atoms with E-state index >= 15 is 0 Å². The summed E-state index contributed by atoms with van der Waals surface area (Å²) in [5, 5.41) is 2.30. The van der Waals surface area contributed by atoms with Gasteiger partial charge in [-0.05, 0) is 24.7 Å². The number of carbonyl (C=O) groups is 1. The smallest absolute Gasteiger partial charge is 0.401 e. The van der Waals surface area contributed by atoms with Gasteiger partial charge in [0.25, 0.3) is 0 Å². The number of halogens is 3. The normalized spacial score (nSPS) is 26.7. The number of alkyl halides is 3. The molecule has 1 fully saturated rings. The Hall–Kier alpha value is -0.780. The summed E-state index contributed by atoms with van der Waals surface area (Å²) in [6.07, 6.45) is -0.871. The number of carbonyl (C=O) groups excluding carboxylic acids is 1. The lowest BCUT2D eigenvalue weighted by atomic mass is 9.79. The second-order valence-electron chi connectivity index (χ2n) is 5.02. The molecule has 18 heavy (non-hydrogen) atoms. The first-order chi connectivity index (χ1) is 8.33. The van der Waals surface area contributed by atoms with Crippen LogP contribution in [0.3, 0.4) is 0 Å². The van der Waals surface area contributed by atoms with Crippen molar-refractivity contribution in [2.24, 2.45) is 11.8 Å². The summed E-state index contributed by atoms with van der Waals surface area (Å²) in [6, 6.07) is -0.843. The van der Waals surface area contributed by atoms with Crippen LogP contribution < -0.4 is 5.32 Å². The minimum absolute atomic E-state index is 0.0593. The summed E-state index contributed by atoms with van der Waals surface area (Å²) in [5.74, 6) is -0.0723. The van der Waals surface area contributed by atoms with Crippen LogP contribution in [0.15, 0.2) is 0 Å². The molecule has 0 saturated heterocycles. The van der Waals surface area contributed by atoms with Crippen molar-refractivity contribution in [1.82, 2.24) is 5.32 Å². The highest BCUT2D eigenvalue weighted by Crippen LogP contribution is 2.31. The molecule has 0 bridgehead atoms. The van der Waals surface area contributed by atoms with Gasteiger partial charge in [0.15, 0.2) is 0 Å². The Bertz CT molecular complexity index is 273. The van der Waals surface area contributed by atoms with E-state index in [1.54, 1.807) is 0 Å². The number of hydrogen-bond acceptors (Lipinski definition) is 3. The fourth-order valence-electron chi connectivity index (χ4n) is 2.41. The van der Waals surface area contributed by atoms with Crippen LogP contribution in [-0.4, -0.2) is 31.8 Å². The topological polar surface area (TPSA) is 38.3 Å². The number of nitrogens with one attached hydrogen (secondary N) is 1. The Morgan fingerprint density at radius 1 is 1.33 bits per heavy atom. The van der Waals surface area contributed by atoms with Crippen LogP contribution in [0.25, 0.3) is 0 Å². The number of methoxy groups -OCH3 is 1. The van der Waals surface area contributed by atoms with Gasteiger partial charge in [-0.2, -0.15) is 13.2 Å². The van der Waals surface area contributed by atoms with E-state index in [-0.39, 0.29) is 5.92 Å². The Balaban J connectivity index is 2.58. The van der Waals surface area contributed by atoms with E-state index in [1.807, 2.05) is 0 Å². The fourth-order valence-corrected chi connectivity index (χ4v) is 2.41. The molecule has 0 aliphatic heterocycles. The van der Waals surface area contributed by atoms with Crippen LogP contribution in [-0.2, 0) is 9.53 Å². The molecule has 0 heterocycles. The highest BCUT2D eigenvalue weighted by atomic mass is 19.4. The van der Waals surface area contributed by atoms with Crippen LogP contribution in [0.2, 0.25) is 0 Å². The van der Waals surface area contributed by atoms with Gasteiger partial charge in [0.2, 0.25) is 0 Å². The van der Waals surface area contributed by atoms with E-state index in [0.29, 0.717) is 5.92 Å². The summed E-state index contributed by atoms with van der Waals surface area (Å²) >= 11 is 0. The molecule has 1 saturated carbocycles. The fraction of sp³-hybridized carbons (Fsp3) is 0.917. The third-order valence-corrected chi connectivity index (χ3v) is 3.51.